The Morgan fingerprint density at radius 1 is 1.43 bits per heavy atom. The van der Waals surface area contributed by atoms with Crippen molar-refractivity contribution in [3.8, 4) is 12.3 Å². The summed E-state index contributed by atoms with van der Waals surface area (Å²) in [7, 11) is 0. The summed E-state index contributed by atoms with van der Waals surface area (Å²) in [5.74, 6) is 1.44. The molecule has 1 aliphatic rings. The van der Waals surface area contributed by atoms with E-state index in [2.05, 4.69) is 5.92 Å². The maximum Gasteiger partial charge on any atom is 0.326 e. The number of carbonyl (C=O) groups is 2. The monoisotopic (exact) mass is 286 g/mol. The second kappa shape index (κ2) is 6.31. The van der Waals surface area contributed by atoms with Crippen LogP contribution in [0.25, 0.3) is 0 Å². The molecular weight excluding hydrogens is 268 g/mol. The predicted octanol–water partition coefficient (Wildman–Crippen LogP) is 1.57. The quantitative estimate of drug-likeness (QED) is 0.858. The summed E-state index contributed by atoms with van der Waals surface area (Å²) >= 11 is 0. The van der Waals surface area contributed by atoms with E-state index in [1.54, 1.807) is 0 Å². The van der Waals surface area contributed by atoms with Gasteiger partial charge in [-0.25, -0.2) is 9.59 Å². The number of terminal acetylenes is 1. The van der Waals surface area contributed by atoms with Crippen LogP contribution < -0.4 is 0 Å². The van der Waals surface area contributed by atoms with Gasteiger partial charge in [0, 0.05) is 19.5 Å². The summed E-state index contributed by atoms with van der Waals surface area (Å²) in [6, 6.07) is 6.43. The van der Waals surface area contributed by atoms with Crippen LogP contribution in [-0.4, -0.2) is 46.0 Å². The average Bonchev–Trinajstić information content (AvgIpc) is 2.50. The molecule has 0 saturated carbocycles. The fourth-order valence-corrected chi connectivity index (χ4v) is 2.55. The number of rotatable bonds is 3. The van der Waals surface area contributed by atoms with E-state index in [-0.39, 0.29) is 12.6 Å². The molecule has 1 aliphatic heterocycles. The van der Waals surface area contributed by atoms with Crippen LogP contribution in [0.15, 0.2) is 24.3 Å². The third kappa shape index (κ3) is 3.00. The average molecular weight is 286 g/mol. The third-order valence-corrected chi connectivity index (χ3v) is 3.71. The molecule has 1 aromatic carbocycles. The molecule has 1 atom stereocenters. The van der Waals surface area contributed by atoms with Gasteiger partial charge in [0.15, 0.2) is 0 Å². The van der Waals surface area contributed by atoms with E-state index < -0.39 is 12.0 Å². The SMILES string of the molecule is C#CCN(CC)C(=O)N1Cc2ccccc2C[C@@H]1C(=O)O. The zero-order valence-electron chi connectivity index (χ0n) is 12.0. The largest absolute Gasteiger partial charge is 0.480 e. The first-order chi connectivity index (χ1) is 10.1. The van der Waals surface area contributed by atoms with Crippen LogP contribution in [0.3, 0.4) is 0 Å². The number of carboxylic acid groups (broad SMARTS) is 1. The van der Waals surface area contributed by atoms with E-state index in [9.17, 15) is 14.7 Å². The molecule has 1 N–H and O–H groups in total. The van der Waals surface area contributed by atoms with Gasteiger partial charge in [0.25, 0.3) is 0 Å². The maximum absolute atomic E-state index is 12.5. The zero-order valence-corrected chi connectivity index (χ0v) is 12.0. The first-order valence-corrected chi connectivity index (χ1v) is 6.87. The first kappa shape index (κ1) is 14.9. The lowest BCUT2D eigenvalue weighted by Crippen LogP contribution is -2.53. The van der Waals surface area contributed by atoms with Crippen LogP contribution in [0.5, 0.6) is 0 Å². The minimum Gasteiger partial charge on any atom is -0.480 e. The number of hydrogen-bond donors (Lipinski definition) is 1. The van der Waals surface area contributed by atoms with Crippen molar-refractivity contribution in [2.24, 2.45) is 0 Å². The van der Waals surface area contributed by atoms with Crippen molar-refractivity contribution >= 4 is 12.0 Å². The van der Waals surface area contributed by atoms with Gasteiger partial charge in [0.2, 0.25) is 0 Å². The van der Waals surface area contributed by atoms with Gasteiger partial charge < -0.3 is 14.9 Å². The van der Waals surface area contributed by atoms with Crippen LogP contribution in [0, 0.1) is 12.3 Å². The highest BCUT2D eigenvalue weighted by molar-refractivity contribution is 5.83. The highest BCUT2D eigenvalue weighted by atomic mass is 16.4. The Morgan fingerprint density at radius 2 is 2.10 bits per heavy atom. The van der Waals surface area contributed by atoms with E-state index in [1.807, 2.05) is 31.2 Å². The number of carboxylic acids is 1. The summed E-state index contributed by atoms with van der Waals surface area (Å²) in [6.45, 7) is 2.75. The molecule has 0 bridgehead atoms. The summed E-state index contributed by atoms with van der Waals surface area (Å²) in [5.41, 5.74) is 1.97. The lowest BCUT2D eigenvalue weighted by atomic mass is 9.94. The zero-order chi connectivity index (χ0) is 15.4. The molecule has 5 heteroatoms. The van der Waals surface area contributed by atoms with E-state index in [4.69, 9.17) is 6.42 Å². The highest BCUT2D eigenvalue weighted by Gasteiger charge is 2.36. The fraction of sp³-hybridized carbons (Fsp3) is 0.375. The molecule has 5 nitrogen and oxygen atoms in total. The number of amides is 2. The summed E-state index contributed by atoms with van der Waals surface area (Å²) in [6.07, 6.45) is 5.59. The minimum absolute atomic E-state index is 0.180. The molecule has 1 aromatic rings. The lowest BCUT2D eigenvalue weighted by molar-refractivity contribution is -0.142. The second-order valence-corrected chi connectivity index (χ2v) is 4.96. The Kier molecular flexibility index (Phi) is 4.49. The summed E-state index contributed by atoms with van der Waals surface area (Å²) < 4.78 is 0. The number of hydrogen-bond acceptors (Lipinski definition) is 2. The number of urea groups is 1. The van der Waals surface area contributed by atoms with Crippen molar-refractivity contribution in [2.45, 2.75) is 25.9 Å². The highest BCUT2D eigenvalue weighted by Crippen LogP contribution is 2.24. The van der Waals surface area contributed by atoms with Crippen LogP contribution in [0.1, 0.15) is 18.1 Å². The van der Waals surface area contributed by atoms with Crippen molar-refractivity contribution in [3.05, 3.63) is 35.4 Å². The molecule has 2 rings (SSSR count). The maximum atomic E-state index is 12.5. The van der Waals surface area contributed by atoms with Gasteiger partial charge in [0.05, 0.1) is 6.54 Å². The van der Waals surface area contributed by atoms with Crippen molar-refractivity contribution < 1.29 is 14.7 Å². The Labute approximate surface area is 124 Å². The van der Waals surface area contributed by atoms with Gasteiger partial charge in [-0.1, -0.05) is 30.2 Å². The molecule has 1 heterocycles. The molecular formula is C16H18N2O3. The Morgan fingerprint density at radius 3 is 2.67 bits per heavy atom. The van der Waals surface area contributed by atoms with Crippen LogP contribution in [-0.2, 0) is 17.8 Å². The lowest BCUT2D eigenvalue weighted by Gasteiger charge is -2.37. The molecule has 21 heavy (non-hydrogen) atoms. The molecule has 2 amide bonds. The van der Waals surface area contributed by atoms with E-state index >= 15 is 0 Å². The van der Waals surface area contributed by atoms with Crippen molar-refractivity contribution in [2.75, 3.05) is 13.1 Å². The molecule has 0 aromatic heterocycles. The summed E-state index contributed by atoms with van der Waals surface area (Å²) in [4.78, 5) is 26.9. The third-order valence-electron chi connectivity index (χ3n) is 3.71. The van der Waals surface area contributed by atoms with Gasteiger partial charge in [0.1, 0.15) is 6.04 Å². The molecule has 0 radical (unpaired) electrons. The van der Waals surface area contributed by atoms with E-state index in [0.717, 1.165) is 11.1 Å². The molecule has 0 saturated heterocycles. The molecule has 0 fully saturated rings. The van der Waals surface area contributed by atoms with Crippen LogP contribution >= 0.6 is 0 Å². The van der Waals surface area contributed by atoms with Crippen molar-refractivity contribution in [1.82, 2.24) is 9.80 Å². The Balaban J connectivity index is 2.30. The van der Waals surface area contributed by atoms with Gasteiger partial charge in [-0.3, -0.25) is 0 Å². The number of carbonyl (C=O) groups excluding carboxylic acids is 1. The molecule has 0 aliphatic carbocycles. The topological polar surface area (TPSA) is 60.9 Å². The number of aliphatic carboxylic acids is 1. The second-order valence-electron chi connectivity index (χ2n) is 4.96. The minimum atomic E-state index is -0.991. The molecule has 0 unspecified atom stereocenters. The van der Waals surface area contributed by atoms with E-state index in [0.29, 0.717) is 19.5 Å². The van der Waals surface area contributed by atoms with Gasteiger partial charge in [-0.05, 0) is 18.1 Å². The number of benzene rings is 1. The normalized spacial score (nSPS) is 16.8. The first-order valence-electron chi connectivity index (χ1n) is 6.87. The van der Waals surface area contributed by atoms with Gasteiger partial charge in [-0.2, -0.15) is 0 Å². The van der Waals surface area contributed by atoms with E-state index in [1.165, 1.54) is 9.80 Å². The smallest absolute Gasteiger partial charge is 0.326 e. The summed E-state index contributed by atoms with van der Waals surface area (Å²) in [5, 5.41) is 9.41. The predicted molar refractivity (Wildman–Crippen MR) is 78.6 cm³/mol. The van der Waals surface area contributed by atoms with Crippen LogP contribution in [0.2, 0.25) is 0 Å². The Bertz CT molecular complexity index is 591. The number of nitrogens with zero attached hydrogens (tertiary/aromatic N) is 2. The Hall–Kier alpha value is -2.48. The standard InChI is InChI=1S/C16H18N2O3/c1-3-9-17(4-2)16(21)18-11-13-8-6-5-7-12(13)10-14(18)15(19)20/h1,5-8,14H,4,9-11H2,2H3,(H,19,20)/t14-/m1/s1. The van der Waals surface area contributed by atoms with Crippen LogP contribution in [0.4, 0.5) is 4.79 Å². The fourth-order valence-electron chi connectivity index (χ4n) is 2.55. The van der Waals surface area contributed by atoms with Crippen molar-refractivity contribution in [1.29, 1.82) is 0 Å². The number of fused-ring (bicyclic) bond motifs is 1. The van der Waals surface area contributed by atoms with Crippen molar-refractivity contribution in [3.63, 3.8) is 0 Å². The van der Waals surface area contributed by atoms with Gasteiger partial charge >= 0.3 is 12.0 Å². The molecule has 110 valence electrons. The van der Waals surface area contributed by atoms with Gasteiger partial charge in [-0.15, -0.1) is 6.42 Å². The molecule has 0 spiro atoms.